The number of carbonyl (C=O) groups is 1. The second kappa shape index (κ2) is 7.85. The highest BCUT2D eigenvalue weighted by molar-refractivity contribution is 7.12. The Labute approximate surface area is 192 Å². The van der Waals surface area contributed by atoms with E-state index in [1.165, 1.54) is 4.88 Å². The first kappa shape index (κ1) is 21.7. The highest BCUT2D eigenvalue weighted by atomic mass is 35.5. The maximum absolute atomic E-state index is 13.2. The largest absolute Gasteiger partial charge is 0.384 e. The van der Waals surface area contributed by atoms with Crippen LogP contribution in [0.3, 0.4) is 0 Å². The molecule has 2 aliphatic rings. The van der Waals surface area contributed by atoms with E-state index in [4.69, 9.17) is 17.3 Å². The maximum atomic E-state index is 13.2. The van der Waals surface area contributed by atoms with Crippen molar-refractivity contribution in [1.82, 2.24) is 0 Å². The lowest BCUT2D eigenvalue weighted by molar-refractivity contribution is -0.116. The molecule has 0 amide bonds. The Bertz CT molecular complexity index is 1180. The van der Waals surface area contributed by atoms with Crippen LogP contribution >= 0.6 is 22.9 Å². The van der Waals surface area contributed by atoms with Crippen LogP contribution in [0, 0.1) is 18.3 Å². The first-order valence-electron chi connectivity index (χ1n) is 10.5. The lowest BCUT2D eigenvalue weighted by Crippen LogP contribution is -2.38. The Morgan fingerprint density at radius 1 is 1.23 bits per heavy atom. The fraction of sp³-hybridized carbons (Fsp3) is 0.360. The topological polar surface area (TPSA) is 70.1 Å². The number of anilines is 1. The Morgan fingerprint density at radius 3 is 2.61 bits per heavy atom. The number of allylic oxidation sites excluding steroid dienone is 3. The third-order valence-corrected chi connectivity index (χ3v) is 8.03. The van der Waals surface area contributed by atoms with Gasteiger partial charge in [0.15, 0.2) is 5.78 Å². The van der Waals surface area contributed by atoms with Gasteiger partial charge in [0.1, 0.15) is 5.82 Å². The maximum Gasteiger partial charge on any atom is 0.161 e. The van der Waals surface area contributed by atoms with Gasteiger partial charge in [-0.05, 0) is 55.0 Å². The third-order valence-electron chi connectivity index (χ3n) is 6.04. The smallest absolute Gasteiger partial charge is 0.161 e. The minimum atomic E-state index is -0.412. The zero-order valence-electron chi connectivity index (χ0n) is 18.3. The summed E-state index contributed by atoms with van der Waals surface area (Å²) in [6, 6.07) is 12.1. The first-order chi connectivity index (χ1) is 14.6. The number of nitriles is 1. The van der Waals surface area contributed by atoms with Gasteiger partial charge >= 0.3 is 0 Å². The predicted octanol–water partition coefficient (Wildman–Crippen LogP) is 6.31. The second-order valence-electron chi connectivity index (χ2n) is 9.15. The number of ketones is 1. The van der Waals surface area contributed by atoms with Crippen LogP contribution in [-0.4, -0.2) is 5.78 Å². The Balaban J connectivity index is 1.96. The summed E-state index contributed by atoms with van der Waals surface area (Å²) in [6.45, 7) is 8.43. The monoisotopic (exact) mass is 451 g/mol. The molecule has 2 N–H and O–H groups in total. The molecule has 0 bridgehead atoms. The number of nitrogens with zero attached hydrogens (tertiary/aromatic N) is 2. The van der Waals surface area contributed by atoms with Crippen LogP contribution in [0.25, 0.3) is 0 Å². The molecule has 1 aromatic heterocycles. The summed E-state index contributed by atoms with van der Waals surface area (Å²) >= 11 is 8.06. The Hall–Kier alpha value is -2.55. The van der Waals surface area contributed by atoms with Crippen molar-refractivity contribution >= 4 is 34.4 Å². The number of Topliss-reactive ketones (excluding diaryl/α,β-unsaturated/α-hetero) is 1. The highest BCUT2D eigenvalue weighted by Gasteiger charge is 2.41. The molecule has 1 aromatic carbocycles. The summed E-state index contributed by atoms with van der Waals surface area (Å²) in [5.41, 5.74) is 10.4. The lowest BCUT2D eigenvalue weighted by atomic mass is 9.78. The number of hydrogen-bond acceptors (Lipinski definition) is 5. The molecular weight excluding hydrogens is 426 g/mol. The molecule has 0 saturated heterocycles. The van der Waals surface area contributed by atoms with Gasteiger partial charge in [0.25, 0.3) is 0 Å². The third kappa shape index (κ3) is 3.58. The van der Waals surface area contributed by atoms with Gasteiger partial charge in [0, 0.05) is 32.5 Å². The highest BCUT2D eigenvalue weighted by Crippen LogP contribution is 2.49. The van der Waals surface area contributed by atoms with E-state index in [-0.39, 0.29) is 11.2 Å². The van der Waals surface area contributed by atoms with Crippen LogP contribution in [0.2, 0.25) is 5.02 Å². The average Bonchev–Trinajstić information content (AvgIpc) is 3.20. The Kier molecular flexibility index (Phi) is 5.49. The second-order valence-corrected chi connectivity index (χ2v) is 10.7. The van der Waals surface area contributed by atoms with Crippen LogP contribution in [0.15, 0.2) is 53.0 Å². The summed E-state index contributed by atoms with van der Waals surface area (Å²) in [4.78, 5) is 17.3. The van der Waals surface area contributed by atoms with E-state index in [1.54, 1.807) is 11.3 Å². The SMILES string of the molecule is Cc1c(Cl)cccc1N1C(N)=C(C#N)C(c2ccc(C(C)(C)C)s2)C2=C1CCCC2=O. The molecule has 6 heteroatoms. The van der Waals surface area contributed by atoms with Gasteiger partial charge in [-0.15, -0.1) is 11.3 Å². The summed E-state index contributed by atoms with van der Waals surface area (Å²) < 4.78 is 0. The number of halogens is 1. The fourth-order valence-corrected chi connectivity index (χ4v) is 5.75. The molecule has 0 radical (unpaired) electrons. The van der Waals surface area contributed by atoms with E-state index in [9.17, 15) is 10.1 Å². The molecule has 0 saturated carbocycles. The van der Waals surface area contributed by atoms with Gasteiger partial charge in [-0.1, -0.05) is 38.4 Å². The lowest BCUT2D eigenvalue weighted by Gasteiger charge is -2.40. The molecule has 0 fully saturated rings. The summed E-state index contributed by atoms with van der Waals surface area (Å²) in [5, 5.41) is 10.8. The quantitative estimate of drug-likeness (QED) is 0.580. The van der Waals surface area contributed by atoms with E-state index < -0.39 is 5.92 Å². The van der Waals surface area contributed by atoms with E-state index in [2.05, 4.69) is 32.9 Å². The first-order valence-corrected chi connectivity index (χ1v) is 11.7. The van der Waals surface area contributed by atoms with Gasteiger partial charge < -0.3 is 5.73 Å². The van der Waals surface area contributed by atoms with Crippen LogP contribution < -0.4 is 10.6 Å². The molecule has 1 atom stereocenters. The Morgan fingerprint density at radius 2 is 1.97 bits per heavy atom. The zero-order valence-corrected chi connectivity index (χ0v) is 19.8. The number of carbonyl (C=O) groups excluding carboxylic acids is 1. The van der Waals surface area contributed by atoms with Gasteiger partial charge in [-0.25, -0.2) is 0 Å². The molecule has 2 aromatic rings. The zero-order chi connectivity index (χ0) is 22.5. The van der Waals surface area contributed by atoms with E-state index in [0.29, 0.717) is 28.4 Å². The van der Waals surface area contributed by atoms with Crippen molar-refractivity contribution in [2.75, 3.05) is 4.90 Å². The van der Waals surface area contributed by atoms with Gasteiger partial charge in [-0.3, -0.25) is 9.69 Å². The van der Waals surface area contributed by atoms with Gasteiger partial charge in [0.05, 0.1) is 23.2 Å². The van der Waals surface area contributed by atoms with Crippen LogP contribution in [-0.2, 0) is 10.2 Å². The standard InChI is InChI=1S/C25H26ClN3OS/c1-14-16(26)7-5-8-17(14)29-18-9-6-10-19(30)23(18)22(15(13-27)24(29)28)20-11-12-21(31-20)25(2,3)4/h5,7-8,11-12,22H,6,9-10,28H2,1-4H3. The summed E-state index contributed by atoms with van der Waals surface area (Å²) in [5.74, 6) is 0.0727. The number of nitrogens with two attached hydrogens (primary N) is 1. The minimum Gasteiger partial charge on any atom is -0.384 e. The van der Waals surface area contributed by atoms with E-state index in [1.807, 2.05) is 36.1 Å². The fourth-order valence-electron chi connectivity index (χ4n) is 4.40. The summed E-state index contributed by atoms with van der Waals surface area (Å²) in [7, 11) is 0. The van der Waals surface area contributed by atoms with Crippen molar-refractivity contribution < 1.29 is 4.79 Å². The van der Waals surface area contributed by atoms with Crippen molar-refractivity contribution in [3.05, 3.63) is 73.3 Å². The molecular formula is C25H26ClN3OS. The average molecular weight is 452 g/mol. The predicted molar refractivity (Wildman–Crippen MR) is 127 cm³/mol. The van der Waals surface area contributed by atoms with Crippen LogP contribution in [0.5, 0.6) is 0 Å². The van der Waals surface area contributed by atoms with Crippen molar-refractivity contribution in [1.29, 1.82) is 5.26 Å². The van der Waals surface area contributed by atoms with Crippen molar-refractivity contribution in [3.8, 4) is 6.07 Å². The van der Waals surface area contributed by atoms with Crippen LogP contribution in [0.1, 0.15) is 61.3 Å². The number of hydrogen-bond donors (Lipinski definition) is 1. The number of thiophene rings is 1. The minimum absolute atomic E-state index is 0.00261. The molecule has 4 nitrogen and oxygen atoms in total. The van der Waals surface area contributed by atoms with Gasteiger partial charge in [0.2, 0.25) is 0 Å². The molecule has 1 aliphatic carbocycles. The molecule has 1 unspecified atom stereocenters. The van der Waals surface area contributed by atoms with Crippen molar-refractivity contribution in [3.63, 3.8) is 0 Å². The normalized spacial score (nSPS) is 19.5. The molecule has 4 rings (SSSR count). The molecule has 2 heterocycles. The van der Waals surface area contributed by atoms with E-state index >= 15 is 0 Å². The number of rotatable bonds is 2. The molecule has 31 heavy (non-hydrogen) atoms. The van der Waals surface area contributed by atoms with Crippen LogP contribution in [0.4, 0.5) is 5.69 Å². The summed E-state index contributed by atoms with van der Waals surface area (Å²) in [6.07, 6.45) is 2.00. The van der Waals surface area contributed by atoms with Crippen molar-refractivity contribution in [2.24, 2.45) is 5.73 Å². The van der Waals surface area contributed by atoms with E-state index in [0.717, 1.165) is 34.7 Å². The van der Waals surface area contributed by atoms with Gasteiger partial charge in [-0.2, -0.15) is 5.26 Å². The molecule has 160 valence electrons. The number of benzene rings is 1. The van der Waals surface area contributed by atoms with Crippen molar-refractivity contribution in [2.45, 2.75) is 58.3 Å². The molecule has 1 aliphatic heterocycles. The molecule has 0 spiro atoms.